The molecule has 0 bridgehead atoms. The van der Waals surface area contributed by atoms with Gasteiger partial charge in [0.2, 0.25) is 0 Å². The van der Waals surface area contributed by atoms with Crippen molar-refractivity contribution in [2.45, 2.75) is 50.3 Å². The first-order valence-electron chi connectivity index (χ1n) is 6.61. The van der Waals surface area contributed by atoms with Gasteiger partial charge in [0, 0.05) is 38.0 Å². The van der Waals surface area contributed by atoms with Crippen molar-refractivity contribution in [3.8, 4) is 0 Å². The van der Waals surface area contributed by atoms with Crippen molar-refractivity contribution in [1.82, 2.24) is 15.1 Å². The Kier molecular flexibility index (Phi) is 2.92. The van der Waals surface area contributed by atoms with Gasteiger partial charge in [0.15, 0.2) is 0 Å². The molecule has 1 aromatic heterocycles. The third-order valence-electron chi connectivity index (χ3n) is 4.11. The second kappa shape index (κ2) is 4.42. The number of aryl methyl sites for hydroxylation is 1. The highest BCUT2D eigenvalue weighted by Crippen LogP contribution is 2.42. The largest absolute Gasteiger partial charge is 0.375 e. The van der Waals surface area contributed by atoms with Crippen LogP contribution in [0.2, 0.25) is 0 Å². The lowest BCUT2D eigenvalue weighted by molar-refractivity contribution is -0.135. The summed E-state index contributed by atoms with van der Waals surface area (Å²) in [7, 11) is 1.96. The highest BCUT2D eigenvalue weighted by atomic mass is 16.5. The van der Waals surface area contributed by atoms with E-state index in [1.807, 2.05) is 17.9 Å². The summed E-state index contributed by atoms with van der Waals surface area (Å²) in [4.78, 5) is 0. The second-order valence-corrected chi connectivity index (χ2v) is 5.48. The Balaban J connectivity index is 1.51. The van der Waals surface area contributed by atoms with E-state index in [0.717, 1.165) is 19.6 Å². The third-order valence-corrected chi connectivity index (χ3v) is 4.11. The first kappa shape index (κ1) is 11.2. The van der Waals surface area contributed by atoms with Crippen molar-refractivity contribution in [3.63, 3.8) is 0 Å². The molecule has 1 aromatic rings. The molecule has 2 aliphatic rings. The summed E-state index contributed by atoms with van der Waals surface area (Å²) in [5, 5.41) is 7.83. The molecule has 17 heavy (non-hydrogen) atoms. The Bertz CT molecular complexity index is 384. The van der Waals surface area contributed by atoms with Gasteiger partial charge >= 0.3 is 0 Å². The molecule has 4 heteroatoms. The van der Waals surface area contributed by atoms with Crippen LogP contribution in [-0.2, 0) is 18.3 Å². The van der Waals surface area contributed by atoms with E-state index in [2.05, 4.69) is 16.6 Å². The van der Waals surface area contributed by atoms with Crippen molar-refractivity contribution < 1.29 is 4.74 Å². The van der Waals surface area contributed by atoms with E-state index in [4.69, 9.17) is 4.74 Å². The fraction of sp³-hybridized carbons (Fsp3) is 0.769. The number of hydrogen-bond acceptors (Lipinski definition) is 3. The van der Waals surface area contributed by atoms with Crippen LogP contribution < -0.4 is 5.32 Å². The molecule has 1 aliphatic heterocycles. The topological polar surface area (TPSA) is 39.1 Å². The Morgan fingerprint density at radius 2 is 2.47 bits per heavy atom. The fourth-order valence-electron chi connectivity index (χ4n) is 2.95. The molecule has 0 aromatic carbocycles. The smallest absolute Gasteiger partial charge is 0.0697 e. The number of ether oxygens (including phenoxy) is 1. The normalized spacial score (nSPS) is 27.0. The zero-order valence-electron chi connectivity index (χ0n) is 10.5. The summed E-state index contributed by atoms with van der Waals surface area (Å²) < 4.78 is 7.79. The third kappa shape index (κ3) is 2.38. The van der Waals surface area contributed by atoms with E-state index in [-0.39, 0.29) is 5.60 Å². The zero-order valence-corrected chi connectivity index (χ0v) is 10.5. The molecule has 3 rings (SSSR count). The lowest BCUT2D eigenvalue weighted by Gasteiger charge is -2.47. The summed E-state index contributed by atoms with van der Waals surface area (Å²) in [6.07, 6.45) is 10.2. The zero-order chi connectivity index (χ0) is 11.7. The monoisotopic (exact) mass is 235 g/mol. The molecular weight excluding hydrogens is 214 g/mol. The van der Waals surface area contributed by atoms with E-state index in [9.17, 15) is 0 Å². The van der Waals surface area contributed by atoms with Crippen LogP contribution in [0.3, 0.4) is 0 Å². The quantitative estimate of drug-likeness (QED) is 0.865. The van der Waals surface area contributed by atoms with Crippen LogP contribution in [0, 0.1) is 0 Å². The number of rotatable bonds is 3. The van der Waals surface area contributed by atoms with E-state index in [0.29, 0.717) is 6.04 Å². The lowest BCUT2D eigenvalue weighted by Crippen LogP contribution is -2.50. The molecule has 2 heterocycles. The summed E-state index contributed by atoms with van der Waals surface area (Å²) in [6.45, 7) is 1.85. The van der Waals surface area contributed by atoms with Gasteiger partial charge in [-0.3, -0.25) is 4.68 Å². The van der Waals surface area contributed by atoms with Gasteiger partial charge in [-0.1, -0.05) is 0 Å². The van der Waals surface area contributed by atoms with Crippen molar-refractivity contribution in [2.24, 2.45) is 7.05 Å². The van der Waals surface area contributed by atoms with Crippen LogP contribution in [0.5, 0.6) is 0 Å². The van der Waals surface area contributed by atoms with E-state index in [1.54, 1.807) is 0 Å². The summed E-state index contributed by atoms with van der Waals surface area (Å²) >= 11 is 0. The molecule has 0 amide bonds. The lowest BCUT2D eigenvalue weighted by atomic mass is 9.74. The standard InChI is InChI=1S/C13H21N3O/c1-16-10-11(9-15-16)8-14-12-3-6-17-13(7-12)4-2-5-13/h9-10,12,14H,2-8H2,1H3. The molecule has 4 nitrogen and oxygen atoms in total. The fourth-order valence-corrected chi connectivity index (χ4v) is 2.95. The van der Waals surface area contributed by atoms with Gasteiger partial charge in [-0.2, -0.15) is 5.10 Å². The van der Waals surface area contributed by atoms with Crippen LogP contribution in [0.15, 0.2) is 12.4 Å². The van der Waals surface area contributed by atoms with Gasteiger partial charge in [0.05, 0.1) is 11.8 Å². The summed E-state index contributed by atoms with van der Waals surface area (Å²) in [6, 6.07) is 0.615. The molecule has 1 saturated carbocycles. The minimum absolute atomic E-state index is 0.241. The van der Waals surface area contributed by atoms with E-state index >= 15 is 0 Å². The van der Waals surface area contributed by atoms with Crippen molar-refractivity contribution in [1.29, 1.82) is 0 Å². The van der Waals surface area contributed by atoms with Crippen LogP contribution in [-0.4, -0.2) is 28.0 Å². The van der Waals surface area contributed by atoms with Crippen LogP contribution in [0.4, 0.5) is 0 Å². The van der Waals surface area contributed by atoms with Gasteiger partial charge in [-0.25, -0.2) is 0 Å². The van der Waals surface area contributed by atoms with Crippen LogP contribution >= 0.6 is 0 Å². The molecule has 0 radical (unpaired) electrons. The Hall–Kier alpha value is -0.870. The maximum absolute atomic E-state index is 5.93. The first-order valence-corrected chi connectivity index (χ1v) is 6.61. The number of nitrogens with zero attached hydrogens (tertiary/aromatic N) is 2. The van der Waals surface area contributed by atoms with E-state index in [1.165, 1.54) is 31.2 Å². The van der Waals surface area contributed by atoms with Gasteiger partial charge in [-0.15, -0.1) is 0 Å². The second-order valence-electron chi connectivity index (χ2n) is 5.48. The average molecular weight is 235 g/mol. The molecule has 94 valence electrons. The molecule has 1 aliphatic carbocycles. The predicted octanol–water partition coefficient (Wildman–Crippen LogP) is 1.61. The molecule has 2 fully saturated rings. The summed E-state index contributed by atoms with van der Waals surface area (Å²) in [5.74, 6) is 0. The van der Waals surface area contributed by atoms with Gasteiger partial charge in [0.1, 0.15) is 0 Å². The maximum Gasteiger partial charge on any atom is 0.0697 e. The maximum atomic E-state index is 5.93. The Morgan fingerprint density at radius 1 is 1.59 bits per heavy atom. The van der Waals surface area contributed by atoms with Crippen molar-refractivity contribution >= 4 is 0 Å². The van der Waals surface area contributed by atoms with Gasteiger partial charge in [-0.05, 0) is 32.1 Å². The summed E-state index contributed by atoms with van der Waals surface area (Å²) in [5.41, 5.74) is 1.51. The van der Waals surface area contributed by atoms with E-state index < -0.39 is 0 Å². The number of aromatic nitrogens is 2. The van der Waals surface area contributed by atoms with Crippen molar-refractivity contribution in [3.05, 3.63) is 18.0 Å². The molecule has 1 saturated heterocycles. The molecule has 1 atom stereocenters. The first-order chi connectivity index (χ1) is 8.26. The molecule has 1 spiro atoms. The SMILES string of the molecule is Cn1cc(CNC2CCOC3(CCC3)C2)cn1. The molecular formula is C13H21N3O. The molecule has 1 N–H and O–H groups in total. The van der Waals surface area contributed by atoms with Crippen molar-refractivity contribution in [2.75, 3.05) is 6.61 Å². The van der Waals surface area contributed by atoms with Crippen LogP contribution in [0.25, 0.3) is 0 Å². The van der Waals surface area contributed by atoms with Crippen LogP contribution in [0.1, 0.15) is 37.7 Å². The number of nitrogens with one attached hydrogen (secondary N) is 1. The Morgan fingerprint density at radius 3 is 3.12 bits per heavy atom. The van der Waals surface area contributed by atoms with Gasteiger partial charge < -0.3 is 10.1 Å². The van der Waals surface area contributed by atoms with Gasteiger partial charge in [0.25, 0.3) is 0 Å². The highest BCUT2D eigenvalue weighted by Gasteiger charge is 2.42. The minimum atomic E-state index is 0.241. The highest BCUT2D eigenvalue weighted by molar-refractivity contribution is 5.04. The average Bonchev–Trinajstić information content (AvgIpc) is 2.71. The number of hydrogen-bond donors (Lipinski definition) is 1. The minimum Gasteiger partial charge on any atom is -0.375 e. The predicted molar refractivity (Wildman–Crippen MR) is 65.6 cm³/mol. The molecule has 1 unspecified atom stereocenters. The Labute approximate surface area is 102 Å².